The second-order valence-corrected chi connectivity index (χ2v) is 5.64. The van der Waals surface area contributed by atoms with E-state index in [9.17, 15) is 4.79 Å². The van der Waals surface area contributed by atoms with Crippen LogP contribution in [0, 0.1) is 0 Å². The summed E-state index contributed by atoms with van der Waals surface area (Å²) < 4.78 is 10.7. The average Bonchev–Trinajstić information content (AvgIpc) is 3.10. The summed E-state index contributed by atoms with van der Waals surface area (Å²) >= 11 is 0. The number of ether oxygens (including phenoxy) is 2. The molecule has 4 nitrogen and oxygen atoms in total. The maximum Gasteiger partial charge on any atom is 0.254 e. The van der Waals surface area contributed by atoms with Crippen LogP contribution in [0.1, 0.15) is 34.8 Å². The summed E-state index contributed by atoms with van der Waals surface area (Å²) in [6, 6.07) is 15.4. The van der Waals surface area contributed by atoms with Gasteiger partial charge in [-0.1, -0.05) is 24.3 Å². The van der Waals surface area contributed by atoms with Crippen molar-refractivity contribution in [2.75, 3.05) is 20.8 Å². The molecule has 0 radical (unpaired) electrons. The van der Waals surface area contributed by atoms with Gasteiger partial charge in [0.25, 0.3) is 5.91 Å². The fraction of sp³-hybridized carbons (Fsp3) is 0.316. The lowest BCUT2D eigenvalue weighted by molar-refractivity contribution is 0.0735. The van der Waals surface area contributed by atoms with Crippen molar-refractivity contribution in [2.24, 2.45) is 0 Å². The number of rotatable bonds is 4. The van der Waals surface area contributed by atoms with Crippen molar-refractivity contribution in [2.45, 2.75) is 18.9 Å². The highest BCUT2D eigenvalue weighted by atomic mass is 16.5. The molecule has 0 aromatic heterocycles. The molecule has 23 heavy (non-hydrogen) atoms. The van der Waals surface area contributed by atoms with Crippen molar-refractivity contribution < 1.29 is 14.3 Å². The van der Waals surface area contributed by atoms with Gasteiger partial charge >= 0.3 is 0 Å². The lowest BCUT2D eigenvalue weighted by Crippen LogP contribution is -2.30. The molecule has 1 unspecified atom stereocenters. The Hall–Kier alpha value is -2.49. The number of likely N-dealkylation sites (tertiary alicyclic amines) is 1. The first-order valence-electron chi connectivity index (χ1n) is 7.82. The molecule has 0 spiro atoms. The van der Waals surface area contributed by atoms with E-state index in [0.717, 1.165) is 30.5 Å². The Morgan fingerprint density at radius 1 is 1.04 bits per heavy atom. The molecule has 2 aromatic carbocycles. The van der Waals surface area contributed by atoms with E-state index in [1.807, 2.05) is 53.4 Å². The number of amides is 1. The highest BCUT2D eigenvalue weighted by molar-refractivity contribution is 5.94. The molecule has 1 fully saturated rings. The van der Waals surface area contributed by atoms with Gasteiger partial charge in [-0.2, -0.15) is 0 Å². The van der Waals surface area contributed by atoms with Crippen molar-refractivity contribution in [1.82, 2.24) is 4.90 Å². The summed E-state index contributed by atoms with van der Waals surface area (Å²) in [7, 11) is 3.25. The van der Waals surface area contributed by atoms with Crippen LogP contribution in [0.2, 0.25) is 0 Å². The molecule has 3 rings (SSSR count). The Kier molecular flexibility index (Phi) is 4.51. The van der Waals surface area contributed by atoms with E-state index >= 15 is 0 Å². The second-order valence-electron chi connectivity index (χ2n) is 5.64. The van der Waals surface area contributed by atoms with Gasteiger partial charge in [-0.3, -0.25) is 4.79 Å². The third-order valence-corrected chi connectivity index (χ3v) is 4.33. The van der Waals surface area contributed by atoms with Gasteiger partial charge in [-0.15, -0.1) is 0 Å². The first-order chi connectivity index (χ1) is 11.2. The number of methoxy groups -OCH3 is 2. The Balaban J connectivity index is 1.88. The maximum atomic E-state index is 12.8. The molecule has 4 heteroatoms. The molecule has 1 aliphatic heterocycles. The zero-order valence-corrected chi connectivity index (χ0v) is 13.5. The maximum absolute atomic E-state index is 12.8. The van der Waals surface area contributed by atoms with Gasteiger partial charge in [-0.05, 0) is 42.7 Å². The number of hydrogen-bond acceptors (Lipinski definition) is 3. The lowest BCUT2D eigenvalue weighted by atomic mass is 10.0. The van der Waals surface area contributed by atoms with Crippen molar-refractivity contribution >= 4 is 5.91 Å². The number of nitrogens with zero attached hydrogens (tertiary/aromatic N) is 1. The molecule has 1 amide bonds. The summed E-state index contributed by atoms with van der Waals surface area (Å²) in [6.07, 6.45) is 1.98. The van der Waals surface area contributed by atoms with Crippen molar-refractivity contribution in [1.29, 1.82) is 0 Å². The van der Waals surface area contributed by atoms with E-state index in [4.69, 9.17) is 9.47 Å². The predicted octanol–water partition coefficient (Wildman–Crippen LogP) is 3.68. The molecule has 1 saturated heterocycles. The van der Waals surface area contributed by atoms with E-state index in [-0.39, 0.29) is 11.9 Å². The number of benzene rings is 2. The van der Waals surface area contributed by atoms with E-state index in [1.54, 1.807) is 14.2 Å². The third-order valence-electron chi connectivity index (χ3n) is 4.33. The molecule has 0 aliphatic carbocycles. The molecule has 0 bridgehead atoms. The van der Waals surface area contributed by atoms with Crippen LogP contribution in [-0.4, -0.2) is 31.6 Å². The fourth-order valence-corrected chi connectivity index (χ4v) is 3.16. The van der Waals surface area contributed by atoms with E-state index in [0.29, 0.717) is 11.5 Å². The zero-order valence-electron chi connectivity index (χ0n) is 13.5. The van der Waals surface area contributed by atoms with Crippen LogP contribution in [0.15, 0.2) is 48.5 Å². The predicted molar refractivity (Wildman–Crippen MR) is 89.0 cm³/mol. The van der Waals surface area contributed by atoms with Crippen LogP contribution in [-0.2, 0) is 0 Å². The Morgan fingerprint density at radius 3 is 2.48 bits per heavy atom. The van der Waals surface area contributed by atoms with Crippen LogP contribution in [0.4, 0.5) is 0 Å². The average molecular weight is 311 g/mol. The second kappa shape index (κ2) is 6.73. The fourth-order valence-electron chi connectivity index (χ4n) is 3.16. The van der Waals surface area contributed by atoms with Gasteiger partial charge in [0.2, 0.25) is 0 Å². The molecule has 120 valence electrons. The highest BCUT2D eigenvalue weighted by Crippen LogP contribution is 2.37. The van der Waals surface area contributed by atoms with Crippen LogP contribution >= 0.6 is 0 Å². The molecule has 2 aromatic rings. The smallest absolute Gasteiger partial charge is 0.254 e. The van der Waals surface area contributed by atoms with Gasteiger partial charge in [0.05, 0.1) is 20.3 Å². The highest BCUT2D eigenvalue weighted by Gasteiger charge is 2.31. The molecule has 1 heterocycles. The monoisotopic (exact) mass is 311 g/mol. The van der Waals surface area contributed by atoms with Crippen molar-refractivity contribution in [3.05, 3.63) is 59.7 Å². The summed E-state index contributed by atoms with van der Waals surface area (Å²) in [6.45, 7) is 0.784. The summed E-state index contributed by atoms with van der Waals surface area (Å²) in [5.74, 6) is 1.49. The van der Waals surface area contributed by atoms with Crippen LogP contribution in [0.5, 0.6) is 11.5 Å². The van der Waals surface area contributed by atoms with Gasteiger partial charge in [-0.25, -0.2) is 0 Å². The summed E-state index contributed by atoms with van der Waals surface area (Å²) in [4.78, 5) is 14.7. The third kappa shape index (κ3) is 3.02. The Morgan fingerprint density at radius 2 is 1.78 bits per heavy atom. The Labute approximate surface area is 136 Å². The van der Waals surface area contributed by atoms with Gasteiger partial charge in [0.15, 0.2) is 11.5 Å². The number of carbonyl (C=O) groups excluding carboxylic acids is 1. The molecule has 1 aliphatic rings. The van der Waals surface area contributed by atoms with Gasteiger partial charge < -0.3 is 14.4 Å². The van der Waals surface area contributed by atoms with E-state index in [2.05, 4.69) is 0 Å². The van der Waals surface area contributed by atoms with E-state index in [1.165, 1.54) is 0 Å². The summed E-state index contributed by atoms with van der Waals surface area (Å²) in [5, 5.41) is 0. The molecule has 0 N–H and O–H groups in total. The minimum Gasteiger partial charge on any atom is -0.493 e. The van der Waals surface area contributed by atoms with Crippen LogP contribution < -0.4 is 9.47 Å². The standard InChI is InChI=1S/C19H21NO3/c1-22-17-11-10-15(13-18(17)23-2)16-9-6-12-20(16)19(21)14-7-4-3-5-8-14/h3-5,7-8,10-11,13,16H,6,9,12H2,1-2H3. The minimum atomic E-state index is 0.0857. The molecular weight excluding hydrogens is 290 g/mol. The zero-order chi connectivity index (χ0) is 16.2. The first kappa shape index (κ1) is 15.4. The number of carbonyl (C=O) groups is 1. The van der Waals surface area contributed by atoms with Gasteiger partial charge in [0.1, 0.15) is 0 Å². The van der Waals surface area contributed by atoms with Crippen LogP contribution in [0.25, 0.3) is 0 Å². The quantitative estimate of drug-likeness (QED) is 0.864. The number of hydrogen-bond donors (Lipinski definition) is 0. The van der Waals surface area contributed by atoms with Crippen molar-refractivity contribution in [3.8, 4) is 11.5 Å². The normalized spacial score (nSPS) is 17.1. The first-order valence-corrected chi connectivity index (χ1v) is 7.82. The lowest BCUT2D eigenvalue weighted by Gasteiger charge is -2.26. The summed E-state index contributed by atoms with van der Waals surface area (Å²) in [5.41, 5.74) is 1.82. The van der Waals surface area contributed by atoms with Crippen LogP contribution in [0.3, 0.4) is 0 Å². The van der Waals surface area contributed by atoms with E-state index < -0.39 is 0 Å². The molecule has 0 saturated carbocycles. The minimum absolute atomic E-state index is 0.0857. The van der Waals surface area contributed by atoms with Gasteiger partial charge in [0, 0.05) is 12.1 Å². The topological polar surface area (TPSA) is 38.8 Å². The molecule has 1 atom stereocenters. The molecular formula is C19H21NO3. The SMILES string of the molecule is COc1ccc(C2CCCN2C(=O)c2ccccc2)cc1OC. The largest absolute Gasteiger partial charge is 0.493 e. The Bertz CT molecular complexity index is 684. The van der Waals surface area contributed by atoms with Crippen molar-refractivity contribution in [3.63, 3.8) is 0 Å².